The van der Waals surface area contributed by atoms with Gasteiger partial charge in [-0.3, -0.25) is 14.9 Å². The van der Waals surface area contributed by atoms with E-state index < -0.39 is 4.92 Å². The number of rotatable bonds is 6. The summed E-state index contributed by atoms with van der Waals surface area (Å²) in [7, 11) is 0. The van der Waals surface area contributed by atoms with Crippen molar-refractivity contribution in [2.24, 2.45) is 0 Å². The third kappa shape index (κ3) is 3.80. The summed E-state index contributed by atoms with van der Waals surface area (Å²) in [6.45, 7) is 4.91. The molecule has 0 aliphatic rings. The molecule has 0 aliphatic heterocycles. The van der Waals surface area contributed by atoms with Gasteiger partial charge in [0.25, 0.3) is 0 Å². The van der Waals surface area contributed by atoms with Crippen molar-refractivity contribution in [1.29, 1.82) is 0 Å². The van der Waals surface area contributed by atoms with Crippen molar-refractivity contribution >= 4 is 23.2 Å². The van der Waals surface area contributed by atoms with Crippen LogP contribution in [0, 0.1) is 10.1 Å². The van der Waals surface area contributed by atoms with Gasteiger partial charge in [0.2, 0.25) is 11.7 Å². The Kier molecular flexibility index (Phi) is 5.04. The monoisotopic (exact) mass is 267 g/mol. The number of carbonyl (C=O) groups is 1. The fourth-order valence-corrected chi connectivity index (χ4v) is 1.57. The van der Waals surface area contributed by atoms with Crippen LogP contribution in [0.15, 0.2) is 12.1 Å². The standard InChI is InChI=1S/C11H17N5O3/c1-3-13-10(17)7-15(4-2)9-6-5-8(16(18)19)11(12)14-9/h5-6H,3-4,7H2,1-2H3,(H2,12,14)(H,13,17). The molecule has 0 unspecified atom stereocenters. The summed E-state index contributed by atoms with van der Waals surface area (Å²) in [5.41, 5.74) is 5.29. The molecule has 1 heterocycles. The lowest BCUT2D eigenvalue weighted by atomic mass is 10.3. The van der Waals surface area contributed by atoms with Gasteiger partial charge in [0.1, 0.15) is 5.82 Å². The van der Waals surface area contributed by atoms with Gasteiger partial charge < -0.3 is 16.0 Å². The first-order chi connectivity index (χ1) is 8.99. The smallest absolute Gasteiger partial charge is 0.311 e. The van der Waals surface area contributed by atoms with E-state index in [9.17, 15) is 14.9 Å². The number of amides is 1. The topological polar surface area (TPSA) is 114 Å². The van der Waals surface area contributed by atoms with Crippen molar-refractivity contribution in [2.45, 2.75) is 13.8 Å². The molecule has 0 atom stereocenters. The zero-order valence-corrected chi connectivity index (χ0v) is 10.9. The number of likely N-dealkylation sites (N-methyl/N-ethyl adjacent to an activating group) is 2. The molecule has 0 saturated heterocycles. The molecule has 0 spiro atoms. The minimum Gasteiger partial charge on any atom is -0.378 e. The summed E-state index contributed by atoms with van der Waals surface area (Å²) in [5.74, 6) is 0.150. The van der Waals surface area contributed by atoms with Crippen LogP contribution < -0.4 is 16.0 Å². The third-order valence-corrected chi connectivity index (χ3v) is 2.50. The summed E-state index contributed by atoms with van der Waals surface area (Å²) in [5, 5.41) is 13.3. The van der Waals surface area contributed by atoms with Gasteiger partial charge in [-0.1, -0.05) is 0 Å². The van der Waals surface area contributed by atoms with Gasteiger partial charge in [0.05, 0.1) is 11.5 Å². The molecule has 3 N–H and O–H groups in total. The summed E-state index contributed by atoms with van der Waals surface area (Å²) in [4.78, 5) is 27.2. The summed E-state index contributed by atoms with van der Waals surface area (Å²) in [6, 6.07) is 2.77. The first-order valence-corrected chi connectivity index (χ1v) is 5.92. The van der Waals surface area contributed by atoms with E-state index in [2.05, 4.69) is 10.3 Å². The van der Waals surface area contributed by atoms with Crippen molar-refractivity contribution in [3.05, 3.63) is 22.2 Å². The molecule has 0 bridgehead atoms. The number of hydrogen-bond donors (Lipinski definition) is 2. The normalized spacial score (nSPS) is 10.0. The largest absolute Gasteiger partial charge is 0.378 e. The Balaban J connectivity index is 2.90. The van der Waals surface area contributed by atoms with Gasteiger partial charge >= 0.3 is 5.69 Å². The maximum atomic E-state index is 11.5. The molecule has 8 heteroatoms. The number of nitrogens with one attached hydrogen (secondary N) is 1. The van der Waals surface area contributed by atoms with Gasteiger partial charge in [-0.05, 0) is 19.9 Å². The number of nitrogen functional groups attached to an aromatic ring is 1. The highest BCUT2D eigenvalue weighted by atomic mass is 16.6. The van der Waals surface area contributed by atoms with Crippen molar-refractivity contribution < 1.29 is 9.72 Å². The highest BCUT2D eigenvalue weighted by Gasteiger charge is 2.16. The molecule has 0 saturated carbocycles. The highest BCUT2D eigenvalue weighted by molar-refractivity contribution is 5.81. The van der Waals surface area contributed by atoms with Crippen LogP contribution in [0.25, 0.3) is 0 Å². The predicted molar refractivity (Wildman–Crippen MR) is 71.9 cm³/mol. The Labute approximate surface area is 110 Å². The Morgan fingerprint density at radius 1 is 1.53 bits per heavy atom. The fraction of sp³-hybridized carbons (Fsp3) is 0.455. The molecule has 1 amide bonds. The lowest BCUT2D eigenvalue weighted by Crippen LogP contribution is -2.37. The Hall–Kier alpha value is -2.38. The SMILES string of the molecule is CCNC(=O)CN(CC)c1ccc([N+](=O)[O-])c(N)n1. The van der Waals surface area contributed by atoms with Crippen LogP contribution in [-0.2, 0) is 4.79 Å². The van der Waals surface area contributed by atoms with Crippen molar-refractivity contribution in [1.82, 2.24) is 10.3 Å². The van der Waals surface area contributed by atoms with E-state index in [0.717, 1.165) is 0 Å². The molecule has 1 aromatic heterocycles. The number of pyridine rings is 1. The van der Waals surface area contributed by atoms with E-state index in [-0.39, 0.29) is 24.0 Å². The van der Waals surface area contributed by atoms with Crippen molar-refractivity contribution in [2.75, 3.05) is 30.3 Å². The van der Waals surface area contributed by atoms with Crippen LogP contribution in [0.3, 0.4) is 0 Å². The molecule has 8 nitrogen and oxygen atoms in total. The Morgan fingerprint density at radius 2 is 2.21 bits per heavy atom. The molecular weight excluding hydrogens is 250 g/mol. The lowest BCUT2D eigenvalue weighted by Gasteiger charge is -2.21. The van der Waals surface area contributed by atoms with Gasteiger partial charge in [-0.15, -0.1) is 0 Å². The zero-order chi connectivity index (χ0) is 14.4. The predicted octanol–water partition coefficient (Wildman–Crippen LogP) is 0.534. The van der Waals surface area contributed by atoms with E-state index >= 15 is 0 Å². The minimum absolute atomic E-state index is 0.134. The molecule has 19 heavy (non-hydrogen) atoms. The van der Waals surface area contributed by atoms with Crippen LogP contribution in [0.5, 0.6) is 0 Å². The summed E-state index contributed by atoms with van der Waals surface area (Å²) < 4.78 is 0. The van der Waals surface area contributed by atoms with Crippen LogP contribution in [0.4, 0.5) is 17.3 Å². The van der Waals surface area contributed by atoms with Gasteiger partial charge in [0, 0.05) is 19.2 Å². The van der Waals surface area contributed by atoms with Crippen LogP contribution in [-0.4, -0.2) is 35.4 Å². The molecule has 0 aliphatic carbocycles. The second kappa shape index (κ2) is 6.53. The summed E-state index contributed by atoms with van der Waals surface area (Å²) in [6.07, 6.45) is 0. The van der Waals surface area contributed by atoms with Crippen molar-refractivity contribution in [3.63, 3.8) is 0 Å². The molecule has 0 aromatic carbocycles. The Morgan fingerprint density at radius 3 is 2.68 bits per heavy atom. The number of hydrogen-bond acceptors (Lipinski definition) is 6. The van der Waals surface area contributed by atoms with E-state index in [1.165, 1.54) is 12.1 Å². The maximum absolute atomic E-state index is 11.5. The van der Waals surface area contributed by atoms with E-state index in [4.69, 9.17) is 5.73 Å². The quantitative estimate of drug-likeness (QED) is 0.574. The first kappa shape index (κ1) is 14.7. The first-order valence-electron chi connectivity index (χ1n) is 5.92. The number of carbonyl (C=O) groups excluding carboxylic acids is 1. The average molecular weight is 267 g/mol. The third-order valence-electron chi connectivity index (χ3n) is 2.50. The maximum Gasteiger partial charge on any atom is 0.311 e. The second-order valence-corrected chi connectivity index (χ2v) is 3.80. The molecule has 1 aromatic rings. The Bertz CT molecular complexity index is 477. The number of nitrogens with zero attached hydrogens (tertiary/aromatic N) is 3. The molecule has 104 valence electrons. The number of nitro groups is 1. The van der Waals surface area contributed by atoms with Crippen LogP contribution in [0.2, 0.25) is 0 Å². The van der Waals surface area contributed by atoms with E-state index in [1.54, 1.807) is 4.90 Å². The van der Waals surface area contributed by atoms with Gasteiger partial charge in [-0.25, -0.2) is 4.98 Å². The lowest BCUT2D eigenvalue weighted by molar-refractivity contribution is -0.384. The number of aromatic nitrogens is 1. The number of anilines is 2. The zero-order valence-electron chi connectivity index (χ0n) is 10.9. The number of nitrogens with two attached hydrogens (primary N) is 1. The average Bonchev–Trinajstić information content (AvgIpc) is 2.35. The van der Waals surface area contributed by atoms with E-state index in [1.807, 2.05) is 13.8 Å². The molecule has 1 rings (SSSR count). The van der Waals surface area contributed by atoms with Crippen LogP contribution >= 0.6 is 0 Å². The minimum atomic E-state index is -0.591. The van der Waals surface area contributed by atoms with Gasteiger partial charge in [0.15, 0.2) is 0 Å². The molecular formula is C11H17N5O3. The summed E-state index contributed by atoms with van der Waals surface area (Å²) >= 11 is 0. The van der Waals surface area contributed by atoms with E-state index in [0.29, 0.717) is 18.9 Å². The van der Waals surface area contributed by atoms with Crippen molar-refractivity contribution in [3.8, 4) is 0 Å². The van der Waals surface area contributed by atoms with Gasteiger partial charge in [-0.2, -0.15) is 0 Å². The second-order valence-electron chi connectivity index (χ2n) is 3.80. The molecule has 0 radical (unpaired) electrons. The highest BCUT2D eigenvalue weighted by Crippen LogP contribution is 2.22. The van der Waals surface area contributed by atoms with Crippen LogP contribution in [0.1, 0.15) is 13.8 Å². The fourth-order valence-electron chi connectivity index (χ4n) is 1.57. The molecule has 0 fully saturated rings.